The maximum atomic E-state index is 12.2. The van der Waals surface area contributed by atoms with Gasteiger partial charge in [-0.15, -0.1) is 4.28 Å². The molecule has 0 saturated carbocycles. The molecule has 2 atom stereocenters. The smallest absolute Gasteiger partial charge is 0.426 e. The van der Waals surface area contributed by atoms with Crippen LogP contribution in [0, 0.1) is 0 Å². The third-order valence-corrected chi connectivity index (χ3v) is 3.84. The lowest BCUT2D eigenvalue weighted by molar-refractivity contribution is -0.127. The SMILES string of the molecule is CC(C)(C)OC(=O)NNC(=O)[C@@H]1CC[C@H]2CN1C(=O)N2OS(=O)(=O)O. The Morgan fingerprint density at radius 3 is 2.44 bits per heavy atom. The second kappa shape index (κ2) is 6.65. The second-order valence-corrected chi connectivity index (χ2v) is 7.63. The van der Waals surface area contributed by atoms with Crippen molar-refractivity contribution in [3.63, 3.8) is 0 Å². The number of rotatable bonds is 3. The Morgan fingerprint density at radius 2 is 1.88 bits per heavy atom. The number of carbonyl (C=O) groups excluding carboxylic acids is 3. The number of amides is 4. The summed E-state index contributed by atoms with van der Waals surface area (Å²) in [6, 6.07) is -2.39. The predicted molar refractivity (Wildman–Crippen MR) is 80.9 cm³/mol. The summed E-state index contributed by atoms with van der Waals surface area (Å²) in [5, 5.41) is 0.532. The van der Waals surface area contributed by atoms with Crippen molar-refractivity contribution in [3.8, 4) is 0 Å². The number of hydroxylamine groups is 2. The molecule has 0 aromatic carbocycles. The van der Waals surface area contributed by atoms with Gasteiger partial charge in [-0.1, -0.05) is 0 Å². The largest absolute Gasteiger partial charge is 0.443 e. The molecule has 2 fully saturated rings. The molecule has 3 N–H and O–H groups in total. The van der Waals surface area contributed by atoms with Crippen LogP contribution in [0.3, 0.4) is 0 Å². The minimum Gasteiger partial charge on any atom is -0.443 e. The Labute approximate surface area is 144 Å². The van der Waals surface area contributed by atoms with Gasteiger partial charge in [-0.05, 0) is 33.6 Å². The van der Waals surface area contributed by atoms with Gasteiger partial charge in [0.05, 0.1) is 6.04 Å². The summed E-state index contributed by atoms with van der Waals surface area (Å²) in [5.74, 6) is -0.661. The number of hydrazine groups is 1. The van der Waals surface area contributed by atoms with E-state index in [9.17, 15) is 22.8 Å². The van der Waals surface area contributed by atoms with Crippen molar-refractivity contribution in [2.24, 2.45) is 0 Å². The second-order valence-electron chi connectivity index (χ2n) is 6.63. The van der Waals surface area contributed by atoms with Crippen molar-refractivity contribution in [1.29, 1.82) is 0 Å². The molecule has 13 heteroatoms. The van der Waals surface area contributed by atoms with E-state index in [0.717, 1.165) is 4.90 Å². The van der Waals surface area contributed by atoms with Crippen molar-refractivity contribution < 1.29 is 36.4 Å². The van der Waals surface area contributed by atoms with E-state index in [1.807, 2.05) is 0 Å². The third-order valence-electron chi connectivity index (χ3n) is 3.49. The first-order chi connectivity index (χ1) is 11.4. The molecule has 0 aliphatic carbocycles. The van der Waals surface area contributed by atoms with Crippen molar-refractivity contribution in [2.75, 3.05) is 6.54 Å². The van der Waals surface area contributed by atoms with Crippen molar-refractivity contribution >= 4 is 28.4 Å². The number of fused-ring (bicyclic) bond motifs is 2. The zero-order valence-corrected chi connectivity index (χ0v) is 14.7. The van der Waals surface area contributed by atoms with Crippen molar-refractivity contribution in [2.45, 2.75) is 51.3 Å². The minimum absolute atomic E-state index is 0.0544. The monoisotopic (exact) mass is 380 g/mol. The highest BCUT2D eigenvalue weighted by atomic mass is 32.3. The molecule has 0 aromatic heterocycles. The standard InChI is InChI=1S/C12H20N4O8S/c1-12(2,3)23-10(18)14-13-9(17)8-5-4-7-6-15(8)11(19)16(7)24-25(20,21)22/h7-8H,4-6H2,1-3H3,(H,13,17)(H,14,18)(H,20,21,22)/t7-,8-/m0/s1. The van der Waals surface area contributed by atoms with Gasteiger partial charge in [0.2, 0.25) is 0 Å². The molecular weight excluding hydrogens is 360 g/mol. The van der Waals surface area contributed by atoms with Crippen LogP contribution in [0.15, 0.2) is 0 Å². The van der Waals surface area contributed by atoms with Gasteiger partial charge in [-0.3, -0.25) is 14.8 Å². The van der Waals surface area contributed by atoms with Gasteiger partial charge in [-0.2, -0.15) is 13.5 Å². The summed E-state index contributed by atoms with van der Waals surface area (Å²) >= 11 is 0. The lowest BCUT2D eigenvalue weighted by atomic mass is 10.0. The molecule has 2 aliphatic rings. The number of piperidine rings is 1. The molecule has 25 heavy (non-hydrogen) atoms. The van der Waals surface area contributed by atoms with Crippen LogP contribution in [0.5, 0.6) is 0 Å². The van der Waals surface area contributed by atoms with E-state index in [-0.39, 0.29) is 19.4 Å². The first-order valence-corrected chi connectivity index (χ1v) is 8.79. The first kappa shape index (κ1) is 19.2. The molecule has 2 saturated heterocycles. The summed E-state index contributed by atoms with van der Waals surface area (Å²) in [7, 11) is -4.85. The van der Waals surface area contributed by atoms with E-state index in [0.29, 0.717) is 5.06 Å². The quantitative estimate of drug-likeness (QED) is 0.439. The molecule has 0 radical (unpaired) electrons. The fraction of sp³-hybridized carbons (Fsp3) is 0.750. The van der Waals surface area contributed by atoms with E-state index in [4.69, 9.17) is 9.29 Å². The van der Waals surface area contributed by atoms with Crippen LogP contribution in [-0.4, -0.2) is 65.2 Å². The zero-order chi connectivity index (χ0) is 19.0. The van der Waals surface area contributed by atoms with Gasteiger partial charge in [0.15, 0.2) is 0 Å². The minimum atomic E-state index is -4.85. The Hall–Kier alpha value is -2.12. The van der Waals surface area contributed by atoms with Gasteiger partial charge >= 0.3 is 22.5 Å². The maximum Gasteiger partial charge on any atom is 0.426 e. The van der Waals surface area contributed by atoms with E-state index < -0.39 is 46.1 Å². The normalized spacial score (nSPS) is 23.4. The van der Waals surface area contributed by atoms with Gasteiger partial charge < -0.3 is 9.64 Å². The molecule has 0 unspecified atom stereocenters. The van der Waals surface area contributed by atoms with Gasteiger partial charge in [0, 0.05) is 6.54 Å². The molecule has 2 aliphatic heterocycles. The van der Waals surface area contributed by atoms with E-state index in [2.05, 4.69) is 15.1 Å². The van der Waals surface area contributed by atoms with Gasteiger partial charge in [-0.25, -0.2) is 15.0 Å². The average Bonchev–Trinajstić information content (AvgIpc) is 2.67. The van der Waals surface area contributed by atoms with Crippen LogP contribution < -0.4 is 10.9 Å². The summed E-state index contributed by atoms with van der Waals surface area (Å²) in [5.41, 5.74) is 3.49. The van der Waals surface area contributed by atoms with Gasteiger partial charge in [0.25, 0.3) is 5.91 Å². The van der Waals surface area contributed by atoms with Crippen molar-refractivity contribution in [3.05, 3.63) is 0 Å². The topological polar surface area (TPSA) is 155 Å². The van der Waals surface area contributed by atoms with Crippen LogP contribution in [0.25, 0.3) is 0 Å². The molecule has 2 heterocycles. The Morgan fingerprint density at radius 1 is 1.24 bits per heavy atom. The van der Waals surface area contributed by atoms with Crippen LogP contribution in [0.2, 0.25) is 0 Å². The van der Waals surface area contributed by atoms with E-state index >= 15 is 0 Å². The number of ether oxygens (including phenoxy) is 1. The fourth-order valence-corrected chi connectivity index (χ4v) is 2.99. The molecule has 4 amide bonds. The lowest BCUT2D eigenvalue weighted by Crippen LogP contribution is -2.54. The van der Waals surface area contributed by atoms with Crippen molar-refractivity contribution in [1.82, 2.24) is 20.8 Å². The van der Waals surface area contributed by atoms with E-state index in [1.54, 1.807) is 20.8 Å². The molecule has 0 spiro atoms. The number of hydrogen-bond acceptors (Lipinski definition) is 7. The highest BCUT2D eigenvalue weighted by Gasteiger charge is 2.49. The van der Waals surface area contributed by atoms with Crippen LogP contribution in [0.1, 0.15) is 33.6 Å². The molecule has 0 aromatic rings. The Kier molecular flexibility index (Phi) is 5.11. The molecule has 2 rings (SSSR count). The summed E-state index contributed by atoms with van der Waals surface area (Å²) < 4.78 is 39.6. The summed E-state index contributed by atoms with van der Waals surface area (Å²) in [4.78, 5) is 37.0. The number of urea groups is 1. The third kappa shape index (κ3) is 4.93. The molecule has 142 valence electrons. The molecule has 2 bridgehead atoms. The Bertz CT molecular complexity index is 673. The lowest BCUT2D eigenvalue weighted by Gasteiger charge is -2.29. The van der Waals surface area contributed by atoms with E-state index in [1.165, 1.54) is 0 Å². The van der Waals surface area contributed by atoms with Crippen LogP contribution in [-0.2, 0) is 24.2 Å². The summed E-state index contributed by atoms with van der Waals surface area (Å²) in [6.07, 6.45) is -0.357. The van der Waals surface area contributed by atoms with Crippen LogP contribution in [0.4, 0.5) is 9.59 Å². The zero-order valence-electron chi connectivity index (χ0n) is 13.9. The van der Waals surface area contributed by atoms with Crippen LogP contribution >= 0.6 is 0 Å². The number of nitrogens with one attached hydrogen (secondary N) is 2. The Balaban J connectivity index is 1.95. The molecular formula is C12H20N4O8S. The summed E-state index contributed by atoms with van der Waals surface area (Å²) in [6.45, 7) is 5.02. The fourth-order valence-electron chi connectivity index (χ4n) is 2.60. The predicted octanol–water partition coefficient (Wildman–Crippen LogP) is -0.455. The highest BCUT2D eigenvalue weighted by molar-refractivity contribution is 7.80. The number of hydrogen-bond donors (Lipinski definition) is 3. The highest BCUT2D eigenvalue weighted by Crippen LogP contribution is 2.30. The average molecular weight is 380 g/mol. The maximum absolute atomic E-state index is 12.2. The number of carbonyl (C=O) groups is 3. The number of nitrogens with zero attached hydrogens (tertiary/aromatic N) is 2. The first-order valence-electron chi connectivity index (χ1n) is 7.43. The van der Waals surface area contributed by atoms with Gasteiger partial charge in [0.1, 0.15) is 11.6 Å². The molecule has 12 nitrogen and oxygen atoms in total.